The molecule has 0 bridgehead atoms. The summed E-state index contributed by atoms with van der Waals surface area (Å²) < 4.78 is 29.3. The largest absolute Gasteiger partial charge is 0.465 e. The number of aliphatic hydroxyl groups excluding tert-OH is 2. The maximum atomic E-state index is 11.4. The van der Waals surface area contributed by atoms with Crippen LogP contribution in [0.2, 0.25) is 0 Å². The number of aliphatic hydroxyl groups is 2. The minimum absolute atomic E-state index is 0.112. The molecular formula is C31H54O14. The molecular weight excluding hydrogens is 596 g/mol. The molecule has 0 aliphatic rings. The maximum absolute atomic E-state index is 11.4. The minimum Gasteiger partial charge on any atom is -0.465 e. The molecule has 0 saturated heterocycles. The van der Waals surface area contributed by atoms with E-state index < -0.39 is 36.3 Å². The summed E-state index contributed by atoms with van der Waals surface area (Å²) >= 11 is 0. The van der Waals surface area contributed by atoms with Crippen LogP contribution in [-0.2, 0) is 57.2 Å². The monoisotopic (exact) mass is 650 g/mol. The van der Waals surface area contributed by atoms with Crippen molar-refractivity contribution in [1.29, 1.82) is 0 Å². The Morgan fingerprint density at radius 1 is 0.400 bits per heavy atom. The number of rotatable bonds is 28. The van der Waals surface area contributed by atoms with Gasteiger partial charge in [-0.2, -0.15) is 0 Å². The van der Waals surface area contributed by atoms with Crippen molar-refractivity contribution < 1.29 is 67.4 Å². The van der Waals surface area contributed by atoms with E-state index in [0.717, 1.165) is 32.1 Å². The molecule has 0 aromatic rings. The number of carbonyl (C=O) groups excluding carboxylic acids is 6. The molecule has 0 unspecified atom stereocenters. The van der Waals surface area contributed by atoms with Gasteiger partial charge in [-0.3, -0.25) is 28.8 Å². The lowest BCUT2D eigenvalue weighted by Gasteiger charge is -2.06. The first-order valence-electron chi connectivity index (χ1n) is 15.6. The second-order valence-corrected chi connectivity index (χ2v) is 10.0. The van der Waals surface area contributed by atoms with Crippen LogP contribution in [-0.4, -0.2) is 106 Å². The number of carbonyl (C=O) groups is 6. The van der Waals surface area contributed by atoms with Gasteiger partial charge in [0.15, 0.2) is 0 Å². The van der Waals surface area contributed by atoms with Gasteiger partial charge in [0.2, 0.25) is 0 Å². The Morgan fingerprint density at radius 3 is 0.933 bits per heavy atom. The van der Waals surface area contributed by atoms with Crippen LogP contribution in [0, 0.1) is 0 Å². The quantitative estimate of drug-likeness (QED) is 0.0542. The summed E-state index contributed by atoms with van der Waals surface area (Å²) in [4.78, 5) is 67.1. The number of esters is 5. The highest BCUT2D eigenvalue weighted by molar-refractivity contribution is 5.94. The molecule has 0 aromatic carbocycles. The minimum atomic E-state index is -0.631. The van der Waals surface area contributed by atoms with E-state index in [4.69, 9.17) is 38.6 Å². The zero-order chi connectivity index (χ0) is 34.0. The predicted octanol–water partition coefficient (Wildman–Crippen LogP) is 2.76. The third-order valence-corrected chi connectivity index (χ3v) is 5.67. The lowest BCUT2D eigenvalue weighted by molar-refractivity contribution is -0.156. The van der Waals surface area contributed by atoms with E-state index in [9.17, 15) is 28.8 Å². The van der Waals surface area contributed by atoms with Crippen molar-refractivity contribution in [2.24, 2.45) is 0 Å². The Labute approximate surface area is 266 Å². The Hall–Kier alpha value is -3.10. The van der Waals surface area contributed by atoms with Crippen molar-refractivity contribution in [3.63, 3.8) is 0 Å². The highest BCUT2D eigenvalue weighted by Crippen LogP contribution is 2.02. The first-order valence-corrected chi connectivity index (χ1v) is 15.6. The average Bonchev–Trinajstić information content (AvgIpc) is 2.98. The van der Waals surface area contributed by atoms with E-state index in [1.54, 1.807) is 7.11 Å². The summed E-state index contributed by atoms with van der Waals surface area (Å²) in [5.41, 5.74) is 0. The summed E-state index contributed by atoms with van der Waals surface area (Å²) in [6, 6.07) is 0. The lowest BCUT2D eigenvalue weighted by Crippen LogP contribution is -2.15. The first-order chi connectivity index (χ1) is 21.7. The molecule has 2 N–H and O–H groups in total. The average molecular weight is 651 g/mol. The number of hydrogen-bond acceptors (Lipinski definition) is 14. The third kappa shape index (κ3) is 37.0. The van der Waals surface area contributed by atoms with Gasteiger partial charge < -0.3 is 38.6 Å². The lowest BCUT2D eigenvalue weighted by atomic mass is 10.2. The van der Waals surface area contributed by atoms with E-state index in [-0.39, 0.29) is 58.3 Å². The molecule has 0 aromatic heterocycles. The normalized spacial score (nSPS) is 10.2. The van der Waals surface area contributed by atoms with Gasteiger partial charge >= 0.3 is 29.8 Å². The standard InChI is InChI=1S/C17H28O8.C14H26O6/c1-14(19)12-15(20)23-10-6-3-7-11-25-17(22)13-16(21)24-9-5-2-4-8-18;1-18-9-5-3-7-11-20-14(17)12-13(16)19-10-6-2-4-8-15/h18H,2-13H2,1H3;15H,2-12H2,1H3. The fraction of sp³-hybridized carbons (Fsp3) is 0.806. The fourth-order valence-corrected chi connectivity index (χ4v) is 3.31. The molecule has 0 heterocycles. The summed E-state index contributed by atoms with van der Waals surface area (Å²) in [5.74, 6) is -3.12. The number of ether oxygens (including phenoxy) is 6. The molecule has 0 atom stereocenters. The molecule has 262 valence electrons. The van der Waals surface area contributed by atoms with E-state index in [1.165, 1.54) is 6.92 Å². The molecule has 0 radical (unpaired) electrons. The SMILES string of the molecule is CC(=O)CC(=O)OCCCCCOC(=O)CC(=O)OCCCCCO.COCCCCCOC(=O)CC(=O)OCCCCCO. The van der Waals surface area contributed by atoms with Gasteiger partial charge in [-0.15, -0.1) is 0 Å². The van der Waals surface area contributed by atoms with Crippen molar-refractivity contribution in [1.82, 2.24) is 0 Å². The van der Waals surface area contributed by atoms with Crippen LogP contribution in [0.3, 0.4) is 0 Å². The molecule has 0 amide bonds. The second kappa shape index (κ2) is 33.8. The Morgan fingerprint density at radius 2 is 0.667 bits per heavy atom. The molecule has 0 spiro atoms. The predicted molar refractivity (Wildman–Crippen MR) is 161 cm³/mol. The van der Waals surface area contributed by atoms with Crippen LogP contribution >= 0.6 is 0 Å². The van der Waals surface area contributed by atoms with Crippen molar-refractivity contribution in [3.05, 3.63) is 0 Å². The smallest absolute Gasteiger partial charge is 0.317 e. The van der Waals surface area contributed by atoms with Crippen LogP contribution < -0.4 is 0 Å². The summed E-state index contributed by atoms with van der Waals surface area (Å²) in [6.07, 6.45) is 7.83. The number of methoxy groups -OCH3 is 1. The molecule has 0 rings (SSSR count). The van der Waals surface area contributed by atoms with Gasteiger partial charge in [0.05, 0.1) is 33.0 Å². The van der Waals surface area contributed by atoms with Crippen LogP contribution in [0.1, 0.15) is 103 Å². The maximum Gasteiger partial charge on any atom is 0.317 e. The van der Waals surface area contributed by atoms with E-state index in [1.807, 2.05) is 0 Å². The summed E-state index contributed by atoms with van der Waals surface area (Å²) in [7, 11) is 1.65. The molecule has 0 aliphatic carbocycles. The Kier molecular flexibility index (Phi) is 33.1. The summed E-state index contributed by atoms with van der Waals surface area (Å²) in [6.45, 7) is 3.53. The van der Waals surface area contributed by atoms with E-state index in [0.29, 0.717) is 58.2 Å². The Bertz CT molecular complexity index is 799. The molecule has 0 fully saturated rings. The van der Waals surface area contributed by atoms with Gasteiger partial charge in [0.1, 0.15) is 25.0 Å². The molecule has 45 heavy (non-hydrogen) atoms. The molecule has 14 nitrogen and oxygen atoms in total. The third-order valence-electron chi connectivity index (χ3n) is 5.67. The van der Waals surface area contributed by atoms with Gasteiger partial charge in [0, 0.05) is 26.9 Å². The topological polar surface area (TPSA) is 198 Å². The van der Waals surface area contributed by atoms with Crippen LogP contribution in [0.4, 0.5) is 0 Å². The Balaban J connectivity index is 0. The molecule has 0 saturated carbocycles. The van der Waals surface area contributed by atoms with Gasteiger partial charge in [-0.25, -0.2) is 0 Å². The highest BCUT2D eigenvalue weighted by atomic mass is 16.6. The number of unbranched alkanes of at least 4 members (excludes halogenated alkanes) is 8. The van der Waals surface area contributed by atoms with Crippen LogP contribution in [0.25, 0.3) is 0 Å². The zero-order valence-electron chi connectivity index (χ0n) is 27.1. The fourth-order valence-electron chi connectivity index (χ4n) is 3.31. The van der Waals surface area contributed by atoms with Crippen LogP contribution in [0.15, 0.2) is 0 Å². The first kappa shape index (κ1) is 44.0. The molecule has 14 heteroatoms. The van der Waals surface area contributed by atoms with E-state index >= 15 is 0 Å². The van der Waals surface area contributed by atoms with Crippen molar-refractivity contribution >= 4 is 35.6 Å². The van der Waals surface area contributed by atoms with Gasteiger partial charge in [-0.1, -0.05) is 0 Å². The van der Waals surface area contributed by atoms with Gasteiger partial charge in [-0.05, 0) is 84.0 Å². The number of ketones is 1. The highest BCUT2D eigenvalue weighted by Gasteiger charge is 2.13. The number of hydrogen-bond donors (Lipinski definition) is 2. The second-order valence-electron chi connectivity index (χ2n) is 10.0. The zero-order valence-corrected chi connectivity index (χ0v) is 27.1. The van der Waals surface area contributed by atoms with Crippen molar-refractivity contribution in [2.75, 3.05) is 60.0 Å². The van der Waals surface area contributed by atoms with Crippen molar-refractivity contribution in [3.8, 4) is 0 Å². The van der Waals surface area contributed by atoms with Crippen molar-refractivity contribution in [2.45, 2.75) is 103 Å². The van der Waals surface area contributed by atoms with Gasteiger partial charge in [0.25, 0.3) is 0 Å². The number of Topliss-reactive ketones (excluding diaryl/α,β-unsaturated/α-hetero) is 1. The molecule has 0 aliphatic heterocycles. The van der Waals surface area contributed by atoms with Crippen LogP contribution in [0.5, 0.6) is 0 Å². The van der Waals surface area contributed by atoms with E-state index in [2.05, 4.69) is 0 Å². The summed E-state index contributed by atoms with van der Waals surface area (Å²) in [5, 5.41) is 17.2.